The Morgan fingerprint density at radius 3 is 2.62 bits per heavy atom. The summed E-state index contributed by atoms with van der Waals surface area (Å²) in [5.74, 6) is 0.0484. The number of rotatable bonds is 6. The average molecular weight is 403 g/mol. The lowest BCUT2D eigenvalue weighted by molar-refractivity contribution is 0.149. The number of fused-ring (bicyclic) bond motifs is 1. The van der Waals surface area contributed by atoms with Crippen LogP contribution in [-0.2, 0) is 37.7 Å². The van der Waals surface area contributed by atoms with E-state index in [0.717, 1.165) is 24.0 Å². The van der Waals surface area contributed by atoms with Crippen molar-refractivity contribution in [3.05, 3.63) is 29.3 Å². The summed E-state index contributed by atoms with van der Waals surface area (Å²) in [5, 5.41) is 0. The van der Waals surface area contributed by atoms with Crippen molar-refractivity contribution in [3.63, 3.8) is 0 Å². The lowest BCUT2D eigenvalue weighted by Gasteiger charge is -2.29. The number of nitrogens with zero attached hydrogens (tertiary/aromatic N) is 2. The van der Waals surface area contributed by atoms with E-state index in [1.165, 1.54) is 8.61 Å². The molecule has 9 heteroatoms. The van der Waals surface area contributed by atoms with Gasteiger partial charge in [0.15, 0.2) is 0 Å². The monoisotopic (exact) mass is 402 g/mol. The minimum atomic E-state index is -3.62. The van der Waals surface area contributed by atoms with Gasteiger partial charge in [0, 0.05) is 32.8 Å². The smallest absolute Gasteiger partial charge is 0.243 e. The minimum Gasteiger partial charge on any atom is -0.383 e. The first-order chi connectivity index (χ1) is 12.3. The van der Waals surface area contributed by atoms with E-state index in [1.807, 2.05) is 6.07 Å². The van der Waals surface area contributed by atoms with E-state index in [4.69, 9.17) is 4.74 Å². The topological polar surface area (TPSA) is 84.0 Å². The summed E-state index contributed by atoms with van der Waals surface area (Å²) < 4.78 is 58.6. The van der Waals surface area contributed by atoms with E-state index < -0.39 is 20.0 Å². The highest BCUT2D eigenvalue weighted by atomic mass is 32.2. The predicted molar refractivity (Wildman–Crippen MR) is 98.8 cm³/mol. The van der Waals surface area contributed by atoms with E-state index in [-0.39, 0.29) is 23.2 Å². The predicted octanol–water partition coefficient (Wildman–Crippen LogP) is 1.19. The van der Waals surface area contributed by atoms with Crippen LogP contribution in [0.3, 0.4) is 0 Å². The van der Waals surface area contributed by atoms with Crippen LogP contribution in [0.15, 0.2) is 23.1 Å². The second kappa shape index (κ2) is 7.55. The Bertz CT molecular complexity index is 867. The maximum Gasteiger partial charge on any atom is 0.243 e. The molecule has 0 spiro atoms. The molecule has 0 N–H and O–H groups in total. The fourth-order valence-electron chi connectivity index (χ4n) is 3.71. The van der Waals surface area contributed by atoms with Crippen LogP contribution >= 0.6 is 0 Å². The summed E-state index contributed by atoms with van der Waals surface area (Å²) in [5.41, 5.74) is 1.79. The minimum absolute atomic E-state index is 0.0484. The molecule has 1 saturated heterocycles. The summed E-state index contributed by atoms with van der Waals surface area (Å²) in [7, 11) is -5.33. The van der Waals surface area contributed by atoms with Crippen molar-refractivity contribution >= 4 is 20.0 Å². The zero-order valence-electron chi connectivity index (χ0n) is 15.2. The van der Waals surface area contributed by atoms with E-state index in [1.54, 1.807) is 26.2 Å². The van der Waals surface area contributed by atoms with Gasteiger partial charge in [0.1, 0.15) is 0 Å². The molecule has 0 aliphatic carbocycles. The molecule has 1 aromatic carbocycles. The first kappa shape index (κ1) is 19.8. The molecule has 26 heavy (non-hydrogen) atoms. The van der Waals surface area contributed by atoms with Gasteiger partial charge < -0.3 is 4.74 Å². The van der Waals surface area contributed by atoms with Crippen LogP contribution < -0.4 is 0 Å². The molecule has 0 bridgehead atoms. The third-order valence-corrected chi connectivity index (χ3v) is 8.98. The molecule has 0 amide bonds. The van der Waals surface area contributed by atoms with Crippen molar-refractivity contribution in [3.8, 4) is 0 Å². The fraction of sp³-hybridized carbons (Fsp3) is 0.647. The molecule has 146 valence electrons. The molecule has 1 atom stereocenters. The molecule has 2 aliphatic heterocycles. The molecule has 1 fully saturated rings. The van der Waals surface area contributed by atoms with Crippen molar-refractivity contribution in [2.45, 2.75) is 43.7 Å². The summed E-state index contributed by atoms with van der Waals surface area (Å²) in [6, 6.07) is 4.96. The van der Waals surface area contributed by atoms with Gasteiger partial charge in [-0.15, -0.1) is 0 Å². The summed E-state index contributed by atoms with van der Waals surface area (Å²) in [4.78, 5) is 0.231. The van der Waals surface area contributed by atoms with Crippen LogP contribution in [0, 0.1) is 0 Å². The third-order valence-electron chi connectivity index (χ3n) is 5.20. The SMILES string of the molecule is CCS(=O)(=O)N1CCc2ccc(S(=O)(=O)N3CCC[C@@H]3COC)cc2C1. The molecule has 1 aromatic rings. The number of ether oxygens (including phenoxy) is 1. The molecule has 0 radical (unpaired) electrons. The van der Waals surface area contributed by atoms with Gasteiger partial charge in [0.25, 0.3) is 0 Å². The fourth-order valence-corrected chi connectivity index (χ4v) is 6.51. The van der Waals surface area contributed by atoms with Crippen LogP contribution in [-0.4, -0.2) is 64.0 Å². The Labute approximate surface area is 156 Å². The van der Waals surface area contributed by atoms with E-state index in [9.17, 15) is 16.8 Å². The van der Waals surface area contributed by atoms with Gasteiger partial charge in [0.2, 0.25) is 20.0 Å². The number of methoxy groups -OCH3 is 1. The number of sulfonamides is 2. The second-order valence-corrected chi connectivity index (χ2v) is 10.9. The zero-order chi connectivity index (χ0) is 18.9. The molecule has 2 heterocycles. The first-order valence-corrected chi connectivity index (χ1v) is 11.9. The Hall–Kier alpha value is -1.00. The van der Waals surface area contributed by atoms with Crippen LogP contribution in [0.2, 0.25) is 0 Å². The molecule has 0 saturated carbocycles. The standard InChI is InChI=1S/C17H26N2O5S2/c1-3-25(20,21)18-10-8-14-6-7-17(11-15(14)12-18)26(22,23)19-9-4-5-16(19)13-24-2/h6-7,11,16H,3-5,8-10,12-13H2,1-2H3/t16-/m1/s1. The van der Waals surface area contributed by atoms with Gasteiger partial charge in [-0.1, -0.05) is 6.07 Å². The summed E-state index contributed by atoms with van der Waals surface area (Å²) >= 11 is 0. The summed E-state index contributed by atoms with van der Waals surface area (Å²) in [6.45, 7) is 3.17. The lowest BCUT2D eigenvalue weighted by atomic mass is 10.0. The molecular formula is C17H26N2O5S2. The second-order valence-electron chi connectivity index (χ2n) is 6.78. The number of hydrogen-bond acceptors (Lipinski definition) is 5. The van der Waals surface area contributed by atoms with Gasteiger partial charge in [-0.3, -0.25) is 0 Å². The molecule has 7 nitrogen and oxygen atoms in total. The Morgan fingerprint density at radius 2 is 1.92 bits per heavy atom. The number of hydrogen-bond donors (Lipinski definition) is 0. The normalized spacial score (nSPS) is 22.5. The summed E-state index contributed by atoms with van der Waals surface area (Å²) in [6.07, 6.45) is 2.21. The van der Waals surface area contributed by atoms with Gasteiger partial charge in [-0.2, -0.15) is 8.61 Å². The number of benzene rings is 1. The molecule has 0 unspecified atom stereocenters. The Balaban J connectivity index is 1.90. The molecule has 0 aromatic heterocycles. The van der Waals surface area contributed by atoms with Crippen LogP contribution in [0.4, 0.5) is 0 Å². The van der Waals surface area contributed by atoms with Crippen molar-refractivity contribution in [2.75, 3.05) is 32.6 Å². The van der Waals surface area contributed by atoms with Gasteiger partial charge in [-0.25, -0.2) is 16.8 Å². The van der Waals surface area contributed by atoms with Crippen LogP contribution in [0.5, 0.6) is 0 Å². The third kappa shape index (κ3) is 3.68. The molecule has 2 aliphatic rings. The largest absolute Gasteiger partial charge is 0.383 e. The highest BCUT2D eigenvalue weighted by molar-refractivity contribution is 7.89. The highest BCUT2D eigenvalue weighted by Gasteiger charge is 2.36. The molecular weight excluding hydrogens is 376 g/mol. The van der Waals surface area contributed by atoms with Gasteiger partial charge in [0.05, 0.1) is 17.3 Å². The highest BCUT2D eigenvalue weighted by Crippen LogP contribution is 2.29. The van der Waals surface area contributed by atoms with Crippen LogP contribution in [0.1, 0.15) is 30.9 Å². The zero-order valence-corrected chi connectivity index (χ0v) is 16.9. The quantitative estimate of drug-likeness (QED) is 0.714. The van der Waals surface area contributed by atoms with E-state index >= 15 is 0 Å². The maximum atomic E-state index is 13.1. The van der Waals surface area contributed by atoms with Crippen molar-refractivity contribution in [1.82, 2.24) is 8.61 Å². The van der Waals surface area contributed by atoms with Crippen molar-refractivity contribution < 1.29 is 21.6 Å². The van der Waals surface area contributed by atoms with E-state index in [2.05, 4.69) is 0 Å². The van der Waals surface area contributed by atoms with Gasteiger partial charge in [-0.05, 0) is 49.4 Å². The maximum absolute atomic E-state index is 13.1. The average Bonchev–Trinajstić information content (AvgIpc) is 3.10. The lowest BCUT2D eigenvalue weighted by Crippen LogP contribution is -2.39. The Morgan fingerprint density at radius 1 is 1.15 bits per heavy atom. The van der Waals surface area contributed by atoms with Gasteiger partial charge >= 0.3 is 0 Å². The molecule has 3 rings (SSSR count). The first-order valence-electron chi connectivity index (χ1n) is 8.90. The van der Waals surface area contributed by atoms with E-state index in [0.29, 0.717) is 26.1 Å². The van der Waals surface area contributed by atoms with Crippen molar-refractivity contribution in [1.29, 1.82) is 0 Å². The van der Waals surface area contributed by atoms with Crippen molar-refractivity contribution in [2.24, 2.45) is 0 Å². The Kier molecular flexibility index (Phi) is 5.74. The van der Waals surface area contributed by atoms with Crippen LogP contribution in [0.25, 0.3) is 0 Å².